The molecule has 1 aromatic rings. The zero-order valence-electron chi connectivity index (χ0n) is 12.2. The van der Waals surface area contributed by atoms with E-state index in [1.165, 1.54) is 35.2 Å². The number of hydrogen-bond acceptors (Lipinski definition) is 2. The van der Waals surface area contributed by atoms with Crippen LogP contribution in [0.25, 0.3) is 0 Å². The van der Waals surface area contributed by atoms with Crippen LogP contribution in [0.1, 0.15) is 35.6 Å². The van der Waals surface area contributed by atoms with E-state index in [-0.39, 0.29) is 0 Å². The Morgan fingerprint density at radius 2 is 1.83 bits per heavy atom. The molecule has 18 heavy (non-hydrogen) atoms. The van der Waals surface area contributed by atoms with Crippen molar-refractivity contribution in [2.75, 3.05) is 13.1 Å². The van der Waals surface area contributed by atoms with Crippen molar-refractivity contribution in [1.82, 2.24) is 4.90 Å². The number of nitrogens with two attached hydrogens (primary N) is 1. The lowest BCUT2D eigenvalue weighted by Crippen LogP contribution is -2.47. The van der Waals surface area contributed by atoms with Crippen LogP contribution in [0.2, 0.25) is 0 Å². The molecule has 2 nitrogen and oxygen atoms in total. The van der Waals surface area contributed by atoms with Crippen molar-refractivity contribution < 1.29 is 0 Å². The van der Waals surface area contributed by atoms with Crippen LogP contribution in [0.3, 0.4) is 0 Å². The van der Waals surface area contributed by atoms with Crippen molar-refractivity contribution >= 4 is 0 Å². The highest BCUT2D eigenvalue weighted by molar-refractivity contribution is 5.36. The number of piperidine rings is 1. The SMILES string of the molecule is Cc1cc(C)c(CN2CCC(C)C(N)C2)cc1C. The molecule has 0 aliphatic carbocycles. The highest BCUT2D eigenvalue weighted by Crippen LogP contribution is 2.21. The molecular formula is C16H26N2. The Kier molecular flexibility index (Phi) is 4.08. The molecule has 1 heterocycles. The van der Waals surface area contributed by atoms with Crippen molar-refractivity contribution in [2.24, 2.45) is 11.7 Å². The lowest BCUT2D eigenvalue weighted by molar-refractivity contribution is 0.162. The molecule has 2 heteroatoms. The fraction of sp³-hybridized carbons (Fsp3) is 0.625. The molecule has 2 rings (SSSR count). The third-order valence-corrected chi connectivity index (χ3v) is 4.45. The largest absolute Gasteiger partial charge is 0.326 e. The van der Waals surface area contributed by atoms with Gasteiger partial charge in [0.05, 0.1) is 0 Å². The molecule has 1 aromatic carbocycles. The number of rotatable bonds is 2. The molecule has 0 aromatic heterocycles. The first-order valence-corrected chi connectivity index (χ1v) is 7.02. The van der Waals surface area contributed by atoms with Crippen molar-refractivity contribution in [3.63, 3.8) is 0 Å². The summed E-state index contributed by atoms with van der Waals surface area (Å²) in [5.41, 5.74) is 11.8. The van der Waals surface area contributed by atoms with E-state index < -0.39 is 0 Å². The number of nitrogens with zero attached hydrogens (tertiary/aromatic N) is 1. The van der Waals surface area contributed by atoms with Gasteiger partial charge in [0, 0.05) is 19.1 Å². The molecule has 0 bridgehead atoms. The number of benzene rings is 1. The monoisotopic (exact) mass is 246 g/mol. The second kappa shape index (κ2) is 5.41. The smallest absolute Gasteiger partial charge is 0.0237 e. The van der Waals surface area contributed by atoms with Gasteiger partial charge in [-0.15, -0.1) is 0 Å². The summed E-state index contributed by atoms with van der Waals surface area (Å²) in [6, 6.07) is 4.98. The summed E-state index contributed by atoms with van der Waals surface area (Å²) in [7, 11) is 0. The van der Waals surface area contributed by atoms with Crippen molar-refractivity contribution in [3.05, 3.63) is 34.4 Å². The predicted molar refractivity (Wildman–Crippen MR) is 77.7 cm³/mol. The van der Waals surface area contributed by atoms with Gasteiger partial charge < -0.3 is 5.73 Å². The van der Waals surface area contributed by atoms with Gasteiger partial charge >= 0.3 is 0 Å². The highest BCUT2D eigenvalue weighted by atomic mass is 15.1. The van der Waals surface area contributed by atoms with E-state index in [0.29, 0.717) is 12.0 Å². The highest BCUT2D eigenvalue weighted by Gasteiger charge is 2.23. The van der Waals surface area contributed by atoms with Crippen LogP contribution in [0.5, 0.6) is 0 Å². The summed E-state index contributed by atoms with van der Waals surface area (Å²) < 4.78 is 0. The minimum Gasteiger partial charge on any atom is -0.326 e. The summed E-state index contributed by atoms with van der Waals surface area (Å²) in [6.07, 6.45) is 1.23. The zero-order chi connectivity index (χ0) is 13.3. The Bertz CT molecular complexity index is 425. The van der Waals surface area contributed by atoms with Crippen LogP contribution in [0, 0.1) is 26.7 Å². The third-order valence-electron chi connectivity index (χ3n) is 4.45. The van der Waals surface area contributed by atoms with E-state index in [1.807, 2.05) is 0 Å². The Balaban J connectivity index is 2.08. The Labute approximate surface area is 111 Å². The fourth-order valence-electron chi connectivity index (χ4n) is 2.74. The second-order valence-electron chi connectivity index (χ2n) is 6.03. The van der Waals surface area contributed by atoms with Gasteiger partial charge in [-0.3, -0.25) is 4.90 Å². The number of hydrogen-bond donors (Lipinski definition) is 1. The van der Waals surface area contributed by atoms with Crippen molar-refractivity contribution in [3.8, 4) is 0 Å². The maximum Gasteiger partial charge on any atom is 0.0237 e. The molecule has 100 valence electrons. The van der Waals surface area contributed by atoms with E-state index >= 15 is 0 Å². The van der Waals surface area contributed by atoms with Crippen LogP contribution in [-0.2, 0) is 6.54 Å². The van der Waals surface area contributed by atoms with E-state index in [2.05, 4.69) is 44.7 Å². The summed E-state index contributed by atoms with van der Waals surface area (Å²) in [5, 5.41) is 0. The van der Waals surface area contributed by atoms with Crippen molar-refractivity contribution in [2.45, 2.75) is 46.7 Å². The van der Waals surface area contributed by atoms with Crippen LogP contribution >= 0.6 is 0 Å². The maximum absolute atomic E-state index is 6.17. The lowest BCUT2D eigenvalue weighted by atomic mass is 9.93. The molecule has 1 aliphatic rings. The quantitative estimate of drug-likeness (QED) is 0.869. The predicted octanol–water partition coefficient (Wildman–Crippen LogP) is 2.78. The molecule has 2 N–H and O–H groups in total. The van der Waals surface area contributed by atoms with Gasteiger partial charge in [-0.1, -0.05) is 19.1 Å². The Morgan fingerprint density at radius 3 is 2.50 bits per heavy atom. The molecule has 0 amide bonds. The summed E-state index contributed by atoms with van der Waals surface area (Å²) in [4.78, 5) is 2.50. The van der Waals surface area contributed by atoms with Gasteiger partial charge in [0.25, 0.3) is 0 Å². The van der Waals surface area contributed by atoms with E-state index in [4.69, 9.17) is 5.73 Å². The number of aryl methyl sites for hydroxylation is 3. The first kappa shape index (κ1) is 13.6. The van der Waals surface area contributed by atoms with E-state index in [9.17, 15) is 0 Å². The molecule has 0 spiro atoms. The molecule has 2 atom stereocenters. The van der Waals surface area contributed by atoms with Gasteiger partial charge in [-0.25, -0.2) is 0 Å². The Morgan fingerprint density at radius 1 is 1.17 bits per heavy atom. The first-order chi connectivity index (χ1) is 8.47. The van der Waals surface area contributed by atoms with Crippen LogP contribution < -0.4 is 5.73 Å². The first-order valence-electron chi connectivity index (χ1n) is 7.02. The van der Waals surface area contributed by atoms with Crippen LogP contribution in [-0.4, -0.2) is 24.0 Å². The van der Waals surface area contributed by atoms with Gasteiger partial charge in [0.15, 0.2) is 0 Å². The third kappa shape index (κ3) is 2.93. The standard InChI is InChI=1S/C16H26N2/c1-11-5-6-18(10-16(11)17)9-15-8-13(3)12(2)7-14(15)4/h7-8,11,16H,5-6,9-10,17H2,1-4H3. The maximum atomic E-state index is 6.17. The molecule has 2 unspecified atom stereocenters. The van der Waals surface area contributed by atoms with Gasteiger partial charge in [-0.05, 0) is 61.9 Å². The summed E-state index contributed by atoms with van der Waals surface area (Å²) in [6.45, 7) is 12.1. The molecule has 0 saturated carbocycles. The van der Waals surface area contributed by atoms with Crippen LogP contribution in [0.15, 0.2) is 12.1 Å². The van der Waals surface area contributed by atoms with E-state index in [0.717, 1.165) is 13.1 Å². The molecule has 1 fully saturated rings. The minimum atomic E-state index is 0.339. The van der Waals surface area contributed by atoms with Gasteiger partial charge in [0.1, 0.15) is 0 Å². The number of likely N-dealkylation sites (tertiary alicyclic amines) is 1. The molecule has 1 saturated heterocycles. The van der Waals surface area contributed by atoms with Crippen molar-refractivity contribution in [1.29, 1.82) is 0 Å². The molecular weight excluding hydrogens is 220 g/mol. The molecule has 1 aliphatic heterocycles. The zero-order valence-corrected chi connectivity index (χ0v) is 12.2. The van der Waals surface area contributed by atoms with Crippen LogP contribution in [0.4, 0.5) is 0 Å². The van der Waals surface area contributed by atoms with E-state index in [1.54, 1.807) is 0 Å². The molecule has 0 radical (unpaired) electrons. The average molecular weight is 246 g/mol. The normalized spacial score (nSPS) is 25.4. The average Bonchev–Trinajstić information content (AvgIpc) is 2.31. The topological polar surface area (TPSA) is 29.3 Å². The van der Waals surface area contributed by atoms with Gasteiger partial charge in [0.2, 0.25) is 0 Å². The summed E-state index contributed by atoms with van der Waals surface area (Å²) >= 11 is 0. The fourth-order valence-corrected chi connectivity index (χ4v) is 2.74. The van der Waals surface area contributed by atoms with Gasteiger partial charge in [-0.2, -0.15) is 0 Å². The summed E-state index contributed by atoms with van der Waals surface area (Å²) in [5.74, 6) is 0.669. The minimum absolute atomic E-state index is 0.339. The second-order valence-corrected chi connectivity index (χ2v) is 6.03. The Hall–Kier alpha value is -0.860. The lowest BCUT2D eigenvalue weighted by Gasteiger charge is -2.35.